The van der Waals surface area contributed by atoms with Crippen molar-refractivity contribution < 1.29 is 0 Å². The molecule has 1 nitrogen and oxygen atoms in total. The van der Waals surface area contributed by atoms with Crippen molar-refractivity contribution in [1.82, 2.24) is 3.11 Å². The summed E-state index contributed by atoms with van der Waals surface area (Å²) in [5.74, 6) is 0. The maximum Gasteiger partial charge on any atom is 0.0249 e. The maximum absolute atomic E-state index is 2.41. The molecular formula is C6H12IN. The van der Waals surface area contributed by atoms with Gasteiger partial charge < -0.3 is 0 Å². The summed E-state index contributed by atoms with van der Waals surface area (Å²) < 4.78 is 2.39. The molecule has 0 saturated carbocycles. The molecule has 0 N–H and O–H groups in total. The van der Waals surface area contributed by atoms with Gasteiger partial charge in [-0.2, -0.15) is 0 Å². The number of nitrogens with zero attached hydrogens (tertiary/aromatic N) is 1. The van der Waals surface area contributed by atoms with Crippen molar-refractivity contribution in [2.75, 3.05) is 6.54 Å². The highest BCUT2D eigenvalue weighted by atomic mass is 127. The van der Waals surface area contributed by atoms with E-state index in [1.165, 1.54) is 19.4 Å². The molecule has 8 heavy (non-hydrogen) atoms. The summed E-state index contributed by atoms with van der Waals surface area (Å²) in [6.45, 7) is 5.87. The summed E-state index contributed by atoms with van der Waals surface area (Å²) in [6.07, 6.45) is 2.73. The van der Waals surface area contributed by atoms with Gasteiger partial charge in [0.2, 0.25) is 0 Å². The van der Waals surface area contributed by atoms with Crippen LogP contribution in [-0.2, 0) is 0 Å². The molecule has 0 aromatic heterocycles. The van der Waals surface area contributed by atoms with Crippen LogP contribution < -0.4 is 0 Å². The van der Waals surface area contributed by atoms with E-state index in [4.69, 9.17) is 0 Å². The Morgan fingerprint density at radius 3 is 2.25 bits per heavy atom. The number of hydrogen-bond donors (Lipinski definition) is 0. The molecule has 1 fully saturated rings. The Labute approximate surface area is 64.9 Å². The van der Waals surface area contributed by atoms with Gasteiger partial charge in [-0.15, -0.1) is 0 Å². The van der Waals surface area contributed by atoms with Crippen LogP contribution in [0.15, 0.2) is 0 Å². The largest absolute Gasteiger partial charge is 0.242 e. The van der Waals surface area contributed by atoms with Crippen molar-refractivity contribution in [2.24, 2.45) is 0 Å². The lowest BCUT2D eigenvalue weighted by atomic mass is 10.0. The van der Waals surface area contributed by atoms with Crippen LogP contribution in [0.4, 0.5) is 0 Å². The predicted octanol–water partition coefficient (Wildman–Crippen LogP) is 2.21. The third-order valence-corrected chi connectivity index (χ3v) is 3.59. The molecular weight excluding hydrogens is 213 g/mol. The molecule has 48 valence electrons. The molecule has 0 aromatic rings. The van der Waals surface area contributed by atoms with Gasteiger partial charge in [-0.05, 0) is 26.7 Å². The van der Waals surface area contributed by atoms with E-state index in [9.17, 15) is 0 Å². The second-order valence-corrected chi connectivity index (χ2v) is 4.17. The molecule has 0 atom stereocenters. The van der Waals surface area contributed by atoms with E-state index >= 15 is 0 Å². The molecule has 2 heteroatoms. The molecule has 0 aliphatic carbocycles. The summed E-state index contributed by atoms with van der Waals surface area (Å²) in [4.78, 5) is 0. The van der Waals surface area contributed by atoms with Gasteiger partial charge >= 0.3 is 0 Å². The van der Waals surface area contributed by atoms with E-state index in [1.807, 2.05) is 0 Å². The lowest BCUT2D eigenvalue weighted by Crippen LogP contribution is -2.29. The molecule has 1 rings (SSSR count). The molecule has 1 aliphatic rings. The van der Waals surface area contributed by atoms with Crippen molar-refractivity contribution >= 4 is 22.9 Å². The minimum absolute atomic E-state index is 0.473. The van der Waals surface area contributed by atoms with Crippen LogP contribution in [-0.4, -0.2) is 15.2 Å². The first-order valence-corrected chi connectivity index (χ1v) is 4.03. The third-order valence-electron chi connectivity index (χ3n) is 1.80. The van der Waals surface area contributed by atoms with E-state index in [0.29, 0.717) is 5.54 Å². The zero-order valence-electron chi connectivity index (χ0n) is 5.45. The Balaban J connectivity index is 2.54. The zero-order chi connectivity index (χ0) is 6.20. The van der Waals surface area contributed by atoms with Crippen LogP contribution in [0.3, 0.4) is 0 Å². The van der Waals surface area contributed by atoms with Gasteiger partial charge in [0.05, 0.1) is 0 Å². The van der Waals surface area contributed by atoms with Gasteiger partial charge in [-0.3, -0.25) is 0 Å². The van der Waals surface area contributed by atoms with Crippen molar-refractivity contribution in [1.29, 1.82) is 0 Å². The predicted molar refractivity (Wildman–Crippen MR) is 44.0 cm³/mol. The van der Waals surface area contributed by atoms with Crippen molar-refractivity contribution in [3.63, 3.8) is 0 Å². The van der Waals surface area contributed by atoms with E-state index in [-0.39, 0.29) is 0 Å². The number of hydrogen-bond acceptors (Lipinski definition) is 1. The monoisotopic (exact) mass is 225 g/mol. The standard InChI is InChI=1S/C6H12IN/c1-6(2)4-3-5-8(6)7/h3-5H2,1-2H3. The molecule has 1 saturated heterocycles. The molecule has 1 aliphatic heterocycles. The normalized spacial score (nSPS) is 28.9. The molecule has 0 amide bonds. The Bertz CT molecular complexity index is 90.5. The van der Waals surface area contributed by atoms with Gasteiger partial charge in [0.25, 0.3) is 0 Å². The Kier molecular flexibility index (Phi) is 1.82. The van der Waals surface area contributed by atoms with Crippen molar-refractivity contribution in [3.8, 4) is 0 Å². The van der Waals surface area contributed by atoms with Gasteiger partial charge in [0, 0.05) is 34.9 Å². The van der Waals surface area contributed by atoms with Gasteiger partial charge in [-0.1, -0.05) is 0 Å². The fourth-order valence-corrected chi connectivity index (χ4v) is 1.66. The Hall–Kier alpha value is 0.690. The van der Waals surface area contributed by atoms with Gasteiger partial charge in [0.15, 0.2) is 0 Å². The highest BCUT2D eigenvalue weighted by molar-refractivity contribution is 14.1. The van der Waals surface area contributed by atoms with E-state index in [2.05, 4.69) is 39.8 Å². The Morgan fingerprint density at radius 1 is 1.50 bits per heavy atom. The van der Waals surface area contributed by atoms with Crippen LogP contribution in [0.5, 0.6) is 0 Å². The minimum atomic E-state index is 0.473. The fraction of sp³-hybridized carbons (Fsp3) is 1.00. The SMILES string of the molecule is CC1(C)CCCN1I. The summed E-state index contributed by atoms with van der Waals surface area (Å²) >= 11 is 2.41. The molecule has 0 radical (unpaired) electrons. The van der Waals surface area contributed by atoms with Crippen molar-refractivity contribution in [3.05, 3.63) is 0 Å². The first kappa shape index (κ1) is 6.81. The Morgan fingerprint density at radius 2 is 2.12 bits per heavy atom. The summed E-state index contributed by atoms with van der Waals surface area (Å²) in [5, 5.41) is 0. The van der Waals surface area contributed by atoms with Crippen LogP contribution in [0.1, 0.15) is 26.7 Å². The average Bonchev–Trinajstić information content (AvgIpc) is 1.86. The average molecular weight is 225 g/mol. The lowest BCUT2D eigenvalue weighted by molar-refractivity contribution is 0.346. The highest BCUT2D eigenvalue weighted by Gasteiger charge is 2.29. The number of rotatable bonds is 0. The van der Waals surface area contributed by atoms with Crippen LogP contribution >= 0.6 is 22.9 Å². The van der Waals surface area contributed by atoms with E-state index < -0.39 is 0 Å². The minimum Gasteiger partial charge on any atom is -0.242 e. The number of halogens is 1. The molecule has 0 bridgehead atoms. The smallest absolute Gasteiger partial charge is 0.0249 e. The second kappa shape index (κ2) is 2.14. The fourth-order valence-electron chi connectivity index (χ4n) is 1.07. The van der Waals surface area contributed by atoms with Crippen LogP contribution in [0, 0.1) is 0 Å². The molecule has 0 aromatic carbocycles. The summed E-state index contributed by atoms with van der Waals surface area (Å²) in [6, 6.07) is 0. The van der Waals surface area contributed by atoms with Crippen LogP contribution in [0.25, 0.3) is 0 Å². The van der Waals surface area contributed by atoms with E-state index in [0.717, 1.165) is 0 Å². The highest BCUT2D eigenvalue weighted by Crippen LogP contribution is 2.30. The quantitative estimate of drug-likeness (QED) is 0.451. The first-order valence-electron chi connectivity index (χ1n) is 3.06. The second-order valence-electron chi connectivity index (χ2n) is 3.00. The van der Waals surface area contributed by atoms with Crippen molar-refractivity contribution in [2.45, 2.75) is 32.2 Å². The molecule has 1 heterocycles. The first-order chi connectivity index (χ1) is 3.63. The lowest BCUT2D eigenvalue weighted by Gasteiger charge is -2.24. The topological polar surface area (TPSA) is 3.24 Å². The zero-order valence-corrected chi connectivity index (χ0v) is 7.60. The third kappa shape index (κ3) is 1.16. The summed E-state index contributed by atoms with van der Waals surface area (Å²) in [7, 11) is 0. The molecule has 0 unspecified atom stereocenters. The van der Waals surface area contributed by atoms with Crippen LogP contribution in [0.2, 0.25) is 0 Å². The molecule has 0 spiro atoms. The van der Waals surface area contributed by atoms with E-state index in [1.54, 1.807) is 0 Å². The van der Waals surface area contributed by atoms with Gasteiger partial charge in [0.1, 0.15) is 0 Å². The maximum atomic E-state index is 2.41. The van der Waals surface area contributed by atoms with Gasteiger partial charge in [-0.25, -0.2) is 3.11 Å². The summed E-state index contributed by atoms with van der Waals surface area (Å²) in [5.41, 5.74) is 0.473.